The second-order valence-electron chi connectivity index (χ2n) is 3.81. The molecule has 4 heteroatoms. The molecule has 0 amide bonds. The maximum absolute atomic E-state index is 5.50. The van der Waals surface area contributed by atoms with Crippen LogP contribution in [-0.4, -0.2) is 21.3 Å². The summed E-state index contributed by atoms with van der Waals surface area (Å²) in [6, 6.07) is 8.14. The number of benzene rings is 1. The fraction of sp³-hybridized carbons (Fsp3) is 0.333. The molecule has 4 nitrogen and oxygen atoms in total. The Hall–Kier alpha value is -1.68. The van der Waals surface area contributed by atoms with Crippen LogP contribution in [-0.2, 0) is 6.42 Å². The van der Waals surface area contributed by atoms with Gasteiger partial charge in [0.1, 0.15) is 5.82 Å². The van der Waals surface area contributed by atoms with Crippen molar-refractivity contribution in [1.29, 1.82) is 0 Å². The van der Waals surface area contributed by atoms with Crippen LogP contribution in [0.4, 0.5) is 0 Å². The number of para-hydroxylation sites is 1. The van der Waals surface area contributed by atoms with Gasteiger partial charge < -0.3 is 5.73 Å². The van der Waals surface area contributed by atoms with Crippen LogP contribution in [0, 0.1) is 13.8 Å². The van der Waals surface area contributed by atoms with Crippen molar-refractivity contribution in [3.63, 3.8) is 0 Å². The summed E-state index contributed by atoms with van der Waals surface area (Å²) in [5, 5.41) is 4.46. The van der Waals surface area contributed by atoms with Gasteiger partial charge in [-0.05, 0) is 32.0 Å². The molecule has 0 radical (unpaired) electrons. The summed E-state index contributed by atoms with van der Waals surface area (Å²) >= 11 is 0. The molecule has 0 unspecified atom stereocenters. The van der Waals surface area contributed by atoms with Gasteiger partial charge >= 0.3 is 0 Å². The molecule has 1 aromatic carbocycles. The van der Waals surface area contributed by atoms with Gasteiger partial charge in [-0.1, -0.05) is 18.2 Å². The Morgan fingerprint density at radius 1 is 1.25 bits per heavy atom. The first-order valence-electron chi connectivity index (χ1n) is 5.41. The van der Waals surface area contributed by atoms with Gasteiger partial charge in [-0.25, -0.2) is 9.67 Å². The quantitative estimate of drug-likeness (QED) is 0.843. The third kappa shape index (κ3) is 1.97. The lowest BCUT2D eigenvalue weighted by Gasteiger charge is -2.05. The van der Waals surface area contributed by atoms with Gasteiger partial charge in [0, 0.05) is 6.42 Å². The Kier molecular flexibility index (Phi) is 3.01. The van der Waals surface area contributed by atoms with Crippen LogP contribution >= 0.6 is 0 Å². The Balaban J connectivity index is 2.44. The fourth-order valence-electron chi connectivity index (χ4n) is 1.71. The largest absolute Gasteiger partial charge is 0.330 e. The molecular formula is C12H16N4. The molecule has 2 N–H and O–H groups in total. The molecule has 0 bridgehead atoms. The molecular weight excluding hydrogens is 200 g/mol. The first-order chi connectivity index (χ1) is 7.72. The van der Waals surface area contributed by atoms with Gasteiger partial charge in [0.2, 0.25) is 0 Å². The highest BCUT2D eigenvalue weighted by molar-refractivity contribution is 5.39. The maximum atomic E-state index is 5.50. The van der Waals surface area contributed by atoms with Crippen molar-refractivity contribution in [2.75, 3.05) is 6.54 Å². The Bertz CT molecular complexity index is 488. The van der Waals surface area contributed by atoms with Crippen LogP contribution in [0.5, 0.6) is 0 Å². The van der Waals surface area contributed by atoms with E-state index in [4.69, 9.17) is 5.73 Å². The van der Waals surface area contributed by atoms with Crippen LogP contribution in [0.1, 0.15) is 17.2 Å². The van der Waals surface area contributed by atoms with E-state index in [9.17, 15) is 0 Å². The van der Waals surface area contributed by atoms with E-state index in [-0.39, 0.29) is 0 Å². The average molecular weight is 216 g/mol. The van der Waals surface area contributed by atoms with Crippen LogP contribution in [0.3, 0.4) is 0 Å². The molecule has 1 heterocycles. The van der Waals surface area contributed by atoms with Crippen LogP contribution in [0.25, 0.3) is 5.69 Å². The molecule has 0 atom stereocenters. The Morgan fingerprint density at radius 3 is 2.69 bits per heavy atom. The first-order valence-corrected chi connectivity index (χ1v) is 5.41. The van der Waals surface area contributed by atoms with Crippen LogP contribution < -0.4 is 5.73 Å². The number of aryl methyl sites for hydroxylation is 2. The minimum Gasteiger partial charge on any atom is -0.330 e. The van der Waals surface area contributed by atoms with Gasteiger partial charge in [-0.15, -0.1) is 0 Å². The highest BCUT2D eigenvalue weighted by Gasteiger charge is 2.08. The summed E-state index contributed by atoms with van der Waals surface area (Å²) in [7, 11) is 0. The number of aromatic nitrogens is 3. The fourth-order valence-corrected chi connectivity index (χ4v) is 1.71. The van der Waals surface area contributed by atoms with E-state index in [2.05, 4.69) is 23.1 Å². The SMILES string of the molecule is Cc1ccccc1-n1nc(CCN)nc1C. The number of hydrogen-bond donors (Lipinski definition) is 1. The lowest BCUT2D eigenvalue weighted by atomic mass is 10.2. The third-order valence-corrected chi connectivity index (χ3v) is 2.52. The standard InChI is InChI=1S/C12H16N4/c1-9-5-3-4-6-11(9)16-10(2)14-12(15-16)7-8-13/h3-6H,7-8,13H2,1-2H3. The number of nitrogens with zero attached hydrogens (tertiary/aromatic N) is 3. The summed E-state index contributed by atoms with van der Waals surface area (Å²) in [6.07, 6.45) is 0.722. The predicted molar refractivity (Wildman–Crippen MR) is 63.6 cm³/mol. The monoisotopic (exact) mass is 216 g/mol. The average Bonchev–Trinajstić information content (AvgIpc) is 2.61. The summed E-state index contributed by atoms with van der Waals surface area (Å²) in [6.45, 7) is 4.61. The number of hydrogen-bond acceptors (Lipinski definition) is 3. The molecule has 0 aliphatic rings. The second kappa shape index (κ2) is 4.45. The predicted octanol–water partition coefficient (Wildman–Crippen LogP) is 1.39. The van der Waals surface area contributed by atoms with E-state index in [1.807, 2.05) is 29.8 Å². The normalized spacial score (nSPS) is 10.7. The topological polar surface area (TPSA) is 56.7 Å². The zero-order chi connectivity index (χ0) is 11.5. The Morgan fingerprint density at radius 2 is 2.00 bits per heavy atom. The van der Waals surface area contributed by atoms with Gasteiger partial charge in [0.05, 0.1) is 5.69 Å². The summed E-state index contributed by atoms with van der Waals surface area (Å²) in [5.41, 5.74) is 7.77. The molecule has 0 saturated heterocycles. The number of nitrogens with two attached hydrogens (primary N) is 1. The van der Waals surface area contributed by atoms with Crippen molar-refractivity contribution < 1.29 is 0 Å². The first kappa shape index (κ1) is 10.8. The van der Waals surface area contributed by atoms with E-state index in [0.717, 1.165) is 23.8 Å². The van der Waals surface area contributed by atoms with E-state index >= 15 is 0 Å². The minimum atomic E-state index is 0.581. The van der Waals surface area contributed by atoms with Crippen molar-refractivity contribution in [2.45, 2.75) is 20.3 Å². The number of rotatable bonds is 3. The lowest BCUT2D eigenvalue weighted by Crippen LogP contribution is -2.05. The van der Waals surface area contributed by atoms with Crippen molar-refractivity contribution in [2.24, 2.45) is 5.73 Å². The highest BCUT2D eigenvalue weighted by Crippen LogP contribution is 2.14. The van der Waals surface area contributed by atoms with Crippen molar-refractivity contribution >= 4 is 0 Å². The molecule has 0 aliphatic heterocycles. The molecule has 84 valence electrons. The maximum Gasteiger partial charge on any atom is 0.152 e. The van der Waals surface area contributed by atoms with E-state index in [1.54, 1.807) is 0 Å². The molecule has 0 fully saturated rings. The van der Waals surface area contributed by atoms with Crippen molar-refractivity contribution in [1.82, 2.24) is 14.8 Å². The molecule has 0 saturated carbocycles. The minimum absolute atomic E-state index is 0.581. The van der Waals surface area contributed by atoms with Gasteiger partial charge in [0.25, 0.3) is 0 Å². The van der Waals surface area contributed by atoms with E-state index < -0.39 is 0 Å². The molecule has 0 aliphatic carbocycles. The van der Waals surface area contributed by atoms with Crippen LogP contribution in [0.2, 0.25) is 0 Å². The molecule has 2 aromatic rings. The smallest absolute Gasteiger partial charge is 0.152 e. The van der Waals surface area contributed by atoms with Crippen molar-refractivity contribution in [3.05, 3.63) is 41.5 Å². The molecule has 0 spiro atoms. The van der Waals surface area contributed by atoms with Crippen LogP contribution in [0.15, 0.2) is 24.3 Å². The zero-order valence-corrected chi connectivity index (χ0v) is 9.64. The summed E-state index contributed by atoms with van der Waals surface area (Å²) in [5.74, 6) is 1.71. The van der Waals surface area contributed by atoms with E-state index in [0.29, 0.717) is 6.54 Å². The molecule has 16 heavy (non-hydrogen) atoms. The molecule has 2 rings (SSSR count). The van der Waals surface area contributed by atoms with Crippen molar-refractivity contribution in [3.8, 4) is 5.69 Å². The highest BCUT2D eigenvalue weighted by atomic mass is 15.3. The lowest BCUT2D eigenvalue weighted by molar-refractivity contribution is 0.799. The van der Waals surface area contributed by atoms with Gasteiger partial charge in [-0.3, -0.25) is 0 Å². The van der Waals surface area contributed by atoms with E-state index in [1.165, 1.54) is 5.56 Å². The van der Waals surface area contributed by atoms with Gasteiger partial charge in [0.15, 0.2) is 5.82 Å². The third-order valence-electron chi connectivity index (χ3n) is 2.52. The summed E-state index contributed by atoms with van der Waals surface area (Å²) in [4.78, 5) is 4.39. The molecule has 1 aromatic heterocycles. The Labute approximate surface area is 95.1 Å². The zero-order valence-electron chi connectivity index (χ0n) is 9.64. The second-order valence-corrected chi connectivity index (χ2v) is 3.81. The summed E-state index contributed by atoms with van der Waals surface area (Å²) < 4.78 is 1.88. The van der Waals surface area contributed by atoms with Gasteiger partial charge in [-0.2, -0.15) is 5.10 Å².